The Labute approximate surface area is 215 Å². The molecular formula is C18H35NNa2O6S. The van der Waals surface area contributed by atoms with E-state index in [4.69, 9.17) is 5.11 Å². The molecule has 10 heteroatoms. The van der Waals surface area contributed by atoms with Gasteiger partial charge in [-0.25, -0.2) is 8.42 Å². The molecule has 0 aromatic carbocycles. The normalized spacial score (nSPS) is 9.96. The van der Waals surface area contributed by atoms with Gasteiger partial charge in [-0.2, -0.15) is 0 Å². The van der Waals surface area contributed by atoms with Crippen LogP contribution in [0.4, 0.5) is 0 Å². The quantitative estimate of drug-likeness (QED) is 0.108. The van der Waals surface area contributed by atoms with Gasteiger partial charge in [-0.15, -0.1) is 0 Å². The molecule has 0 spiro atoms. The van der Waals surface area contributed by atoms with E-state index in [1.54, 1.807) is 0 Å². The molecule has 156 valence electrons. The van der Waals surface area contributed by atoms with Crippen molar-refractivity contribution in [3.63, 3.8) is 0 Å². The van der Waals surface area contributed by atoms with Gasteiger partial charge in [0.15, 0.2) is 0 Å². The number of hydrogen-bond donors (Lipinski definition) is 2. The Balaban J connectivity index is -0.000000246. The molecule has 0 heterocycles. The SMILES string of the molecule is C=C(NCCCCCCCCCCCC)C(=O)[O-].O=S(=O)([O-])CCCO.[Na+].[Na+]. The first-order chi connectivity index (χ1) is 12.2. The zero-order valence-electron chi connectivity index (χ0n) is 18.0. The van der Waals surface area contributed by atoms with E-state index in [2.05, 4.69) is 18.8 Å². The smallest absolute Gasteiger partial charge is 0.748 e. The maximum atomic E-state index is 10.3. The average molecular weight is 440 g/mol. The molecule has 0 aromatic rings. The largest absolute Gasteiger partial charge is 1.00 e. The number of carbonyl (C=O) groups is 1. The van der Waals surface area contributed by atoms with E-state index in [-0.39, 0.29) is 77.8 Å². The number of carboxylic acid groups (broad SMARTS) is 1. The van der Waals surface area contributed by atoms with Gasteiger partial charge in [-0.05, 0) is 12.8 Å². The minimum Gasteiger partial charge on any atom is -0.748 e. The summed E-state index contributed by atoms with van der Waals surface area (Å²) in [5.41, 5.74) is -0.00840. The predicted octanol–water partition coefficient (Wildman–Crippen LogP) is -4.32. The van der Waals surface area contributed by atoms with Crippen molar-refractivity contribution in [2.45, 2.75) is 77.6 Å². The third-order valence-electron chi connectivity index (χ3n) is 3.67. The van der Waals surface area contributed by atoms with Gasteiger partial charge in [0.05, 0.1) is 16.1 Å². The molecule has 0 saturated heterocycles. The van der Waals surface area contributed by atoms with E-state index in [0.717, 1.165) is 12.8 Å². The van der Waals surface area contributed by atoms with Crippen molar-refractivity contribution in [1.29, 1.82) is 0 Å². The first kappa shape index (κ1) is 36.3. The van der Waals surface area contributed by atoms with Gasteiger partial charge in [-0.1, -0.05) is 71.3 Å². The van der Waals surface area contributed by atoms with Crippen LogP contribution in [0, 0.1) is 0 Å². The molecule has 0 amide bonds. The minimum atomic E-state index is -4.10. The summed E-state index contributed by atoms with van der Waals surface area (Å²) < 4.78 is 29.2. The van der Waals surface area contributed by atoms with Gasteiger partial charge in [0.1, 0.15) is 0 Å². The van der Waals surface area contributed by atoms with Crippen molar-refractivity contribution < 1.29 is 87.1 Å². The van der Waals surface area contributed by atoms with Crippen molar-refractivity contribution in [3.05, 3.63) is 12.3 Å². The summed E-state index contributed by atoms with van der Waals surface area (Å²) in [6, 6.07) is 0. The van der Waals surface area contributed by atoms with E-state index in [9.17, 15) is 22.9 Å². The molecule has 0 aliphatic rings. The summed E-state index contributed by atoms with van der Waals surface area (Å²) in [4.78, 5) is 10.3. The number of hydrogen-bond acceptors (Lipinski definition) is 7. The van der Waals surface area contributed by atoms with E-state index in [1.165, 1.54) is 51.4 Å². The van der Waals surface area contributed by atoms with Crippen LogP contribution in [0.5, 0.6) is 0 Å². The van der Waals surface area contributed by atoms with Crippen LogP contribution in [0.15, 0.2) is 12.3 Å². The molecule has 0 atom stereocenters. The second-order valence-corrected chi connectivity index (χ2v) is 7.74. The first-order valence-electron chi connectivity index (χ1n) is 9.43. The number of rotatable bonds is 16. The van der Waals surface area contributed by atoms with Crippen LogP contribution < -0.4 is 69.5 Å². The molecule has 0 aliphatic heterocycles. The molecule has 0 unspecified atom stereocenters. The molecule has 0 fully saturated rings. The molecular weight excluding hydrogens is 404 g/mol. The number of aliphatic hydroxyl groups excluding tert-OH is 1. The molecule has 0 bridgehead atoms. The minimum absolute atomic E-state index is 0. The fourth-order valence-corrected chi connectivity index (χ4v) is 2.65. The van der Waals surface area contributed by atoms with E-state index >= 15 is 0 Å². The topological polar surface area (TPSA) is 130 Å². The van der Waals surface area contributed by atoms with Crippen LogP contribution >= 0.6 is 0 Å². The predicted molar refractivity (Wildman–Crippen MR) is 100 cm³/mol. The van der Waals surface area contributed by atoms with Crippen LogP contribution in [0.25, 0.3) is 0 Å². The van der Waals surface area contributed by atoms with Crippen molar-refractivity contribution in [2.75, 3.05) is 18.9 Å². The number of unbranched alkanes of at least 4 members (excludes halogenated alkanes) is 9. The summed E-state index contributed by atoms with van der Waals surface area (Å²) in [6.07, 6.45) is 12.9. The van der Waals surface area contributed by atoms with Gasteiger partial charge in [0, 0.05) is 24.6 Å². The number of carbonyl (C=O) groups excluding carboxylic acids is 1. The Kier molecular flexibility index (Phi) is 33.6. The van der Waals surface area contributed by atoms with Gasteiger partial charge in [0.2, 0.25) is 0 Å². The van der Waals surface area contributed by atoms with Crippen LogP contribution in [-0.2, 0) is 14.9 Å². The second-order valence-electron chi connectivity index (χ2n) is 6.21. The summed E-state index contributed by atoms with van der Waals surface area (Å²) in [6.45, 7) is 6.04. The van der Waals surface area contributed by atoms with E-state index < -0.39 is 21.8 Å². The summed E-state index contributed by atoms with van der Waals surface area (Å²) in [5.74, 6) is -1.68. The number of aliphatic hydroxyl groups is 1. The van der Waals surface area contributed by atoms with Gasteiger partial charge in [0.25, 0.3) is 0 Å². The summed E-state index contributed by atoms with van der Waals surface area (Å²) >= 11 is 0. The molecule has 0 aromatic heterocycles. The van der Waals surface area contributed by atoms with Crippen molar-refractivity contribution >= 4 is 16.1 Å². The Morgan fingerprint density at radius 3 is 1.68 bits per heavy atom. The van der Waals surface area contributed by atoms with Crippen LogP contribution in [0.3, 0.4) is 0 Å². The second kappa shape index (κ2) is 25.9. The summed E-state index contributed by atoms with van der Waals surface area (Å²) in [5, 5.41) is 21.1. The van der Waals surface area contributed by atoms with Gasteiger partial charge < -0.3 is 24.9 Å². The van der Waals surface area contributed by atoms with Crippen LogP contribution in [0.2, 0.25) is 0 Å². The number of carboxylic acids is 1. The standard InChI is InChI=1S/C15H29NO2.C3H8O4S.2Na/c1-3-4-5-6-7-8-9-10-11-12-13-16-14(2)15(17)18;4-2-1-3-8(5,6)7;;/h16H,2-13H2,1H3,(H,17,18);4H,1-3H2,(H,5,6,7);;/q;;2*+1/p-2. The zero-order valence-corrected chi connectivity index (χ0v) is 22.8. The Morgan fingerprint density at radius 1 is 0.929 bits per heavy atom. The Morgan fingerprint density at radius 2 is 1.36 bits per heavy atom. The maximum absolute atomic E-state index is 10.3. The number of nitrogens with one attached hydrogen (secondary N) is 1. The third kappa shape index (κ3) is 34.4. The molecule has 28 heavy (non-hydrogen) atoms. The molecule has 0 saturated carbocycles. The Hall–Kier alpha value is 0.880. The molecule has 2 N–H and O–H groups in total. The molecule has 0 aliphatic carbocycles. The Bertz CT molecular complexity index is 461. The maximum Gasteiger partial charge on any atom is 1.00 e. The first-order valence-corrected chi connectivity index (χ1v) is 11.0. The van der Waals surface area contributed by atoms with Crippen molar-refractivity contribution in [3.8, 4) is 0 Å². The van der Waals surface area contributed by atoms with Gasteiger partial charge in [-0.3, -0.25) is 0 Å². The average Bonchev–Trinajstić information content (AvgIpc) is 2.57. The van der Waals surface area contributed by atoms with Crippen molar-refractivity contribution in [1.82, 2.24) is 5.32 Å². The molecule has 7 nitrogen and oxygen atoms in total. The third-order valence-corrected chi connectivity index (χ3v) is 4.46. The fraction of sp³-hybridized carbons (Fsp3) is 0.833. The fourth-order valence-electron chi connectivity index (χ4n) is 2.17. The van der Waals surface area contributed by atoms with Crippen LogP contribution in [0.1, 0.15) is 77.6 Å². The molecule has 0 rings (SSSR count). The zero-order chi connectivity index (χ0) is 20.3. The van der Waals surface area contributed by atoms with Crippen molar-refractivity contribution in [2.24, 2.45) is 0 Å². The van der Waals surface area contributed by atoms with E-state index in [1.807, 2.05) is 0 Å². The monoisotopic (exact) mass is 439 g/mol. The van der Waals surface area contributed by atoms with E-state index in [0.29, 0.717) is 6.54 Å². The molecule has 0 radical (unpaired) electrons. The summed E-state index contributed by atoms with van der Waals surface area (Å²) in [7, 11) is -4.10. The van der Waals surface area contributed by atoms with Gasteiger partial charge >= 0.3 is 59.1 Å². The number of aliphatic carboxylic acids is 1. The van der Waals surface area contributed by atoms with Crippen LogP contribution in [-0.4, -0.2) is 43.0 Å².